The van der Waals surface area contributed by atoms with Crippen LogP contribution in [0.1, 0.15) is 16.8 Å². The first-order valence-electron chi connectivity index (χ1n) is 10.2. The Balaban J connectivity index is 1.57. The molecule has 1 aliphatic heterocycles. The van der Waals surface area contributed by atoms with Gasteiger partial charge < -0.3 is 10.2 Å². The zero-order valence-electron chi connectivity index (χ0n) is 17.3. The van der Waals surface area contributed by atoms with E-state index in [1.54, 1.807) is 36.4 Å². The number of pyridine rings is 1. The van der Waals surface area contributed by atoms with E-state index in [4.69, 9.17) is 11.6 Å². The standard InChI is InChI=1S/C24H19ClF3N3O2/c25-20-3-1-2-4-21(20)30-22(32)18-12-24(27,28)14-31(13-18)23(33)17-9-16(10-19(26)11-17)15-5-7-29-8-6-15/h1-11,18H,12-14H2,(H,30,32). The third-order valence-corrected chi connectivity index (χ3v) is 5.69. The smallest absolute Gasteiger partial charge is 0.266 e. The molecule has 5 nitrogen and oxygen atoms in total. The van der Waals surface area contributed by atoms with E-state index in [9.17, 15) is 22.8 Å². The summed E-state index contributed by atoms with van der Waals surface area (Å²) in [7, 11) is 0. The molecule has 4 rings (SSSR count). The molecule has 2 amide bonds. The summed E-state index contributed by atoms with van der Waals surface area (Å²) in [4.78, 5) is 30.6. The summed E-state index contributed by atoms with van der Waals surface area (Å²) in [5.41, 5.74) is 1.25. The van der Waals surface area contributed by atoms with Gasteiger partial charge in [-0.15, -0.1) is 0 Å². The molecule has 0 spiro atoms. The van der Waals surface area contributed by atoms with Crippen LogP contribution in [0.3, 0.4) is 0 Å². The average molecular weight is 474 g/mol. The van der Waals surface area contributed by atoms with Gasteiger partial charge in [0.2, 0.25) is 5.91 Å². The lowest BCUT2D eigenvalue weighted by atomic mass is 9.93. The molecule has 0 bridgehead atoms. The number of carbonyl (C=O) groups is 2. The molecule has 1 fully saturated rings. The van der Waals surface area contributed by atoms with Crippen LogP contribution in [0.2, 0.25) is 5.02 Å². The first-order chi connectivity index (χ1) is 15.7. The van der Waals surface area contributed by atoms with E-state index >= 15 is 0 Å². The number of piperidine rings is 1. The summed E-state index contributed by atoms with van der Waals surface area (Å²) in [5.74, 6) is -6.57. The van der Waals surface area contributed by atoms with Crippen LogP contribution in [0.5, 0.6) is 0 Å². The van der Waals surface area contributed by atoms with E-state index in [0.717, 1.165) is 11.0 Å². The molecule has 0 radical (unpaired) electrons. The first kappa shape index (κ1) is 22.8. The molecule has 1 saturated heterocycles. The van der Waals surface area contributed by atoms with Crippen LogP contribution < -0.4 is 5.32 Å². The highest BCUT2D eigenvalue weighted by Gasteiger charge is 2.44. The van der Waals surface area contributed by atoms with Crippen molar-refractivity contribution in [2.75, 3.05) is 18.4 Å². The SMILES string of the molecule is O=C(Nc1ccccc1Cl)C1CN(C(=O)c2cc(F)cc(-c3ccncc3)c2)CC(F)(F)C1. The van der Waals surface area contributed by atoms with Crippen molar-refractivity contribution in [3.8, 4) is 11.1 Å². The van der Waals surface area contributed by atoms with Crippen molar-refractivity contribution < 1.29 is 22.8 Å². The van der Waals surface area contributed by atoms with Crippen LogP contribution in [0.25, 0.3) is 11.1 Å². The van der Waals surface area contributed by atoms with Crippen molar-refractivity contribution >= 4 is 29.1 Å². The fraction of sp³-hybridized carbons (Fsp3) is 0.208. The topological polar surface area (TPSA) is 62.3 Å². The Kier molecular flexibility index (Phi) is 6.37. The maximum atomic E-state index is 14.5. The van der Waals surface area contributed by atoms with E-state index in [-0.39, 0.29) is 17.1 Å². The first-order valence-corrected chi connectivity index (χ1v) is 10.5. The summed E-state index contributed by atoms with van der Waals surface area (Å²) in [6.45, 7) is -1.09. The molecule has 1 aromatic heterocycles. The number of hydrogen-bond acceptors (Lipinski definition) is 3. The Labute approximate surface area is 193 Å². The van der Waals surface area contributed by atoms with Crippen LogP contribution in [0, 0.1) is 11.7 Å². The van der Waals surface area contributed by atoms with Gasteiger partial charge in [-0.25, -0.2) is 13.2 Å². The van der Waals surface area contributed by atoms with Gasteiger partial charge in [-0.3, -0.25) is 14.6 Å². The molecule has 3 aromatic rings. The number of nitrogens with one attached hydrogen (secondary N) is 1. The molecule has 2 heterocycles. The van der Waals surface area contributed by atoms with Crippen molar-refractivity contribution in [2.45, 2.75) is 12.3 Å². The van der Waals surface area contributed by atoms with Crippen molar-refractivity contribution in [1.82, 2.24) is 9.88 Å². The van der Waals surface area contributed by atoms with E-state index in [0.29, 0.717) is 16.8 Å². The second kappa shape index (κ2) is 9.23. The molecule has 0 aliphatic carbocycles. The second-order valence-corrected chi connectivity index (χ2v) is 8.28. The van der Waals surface area contributed by atoms with Gasteiger partial charge in [-0.2, -0.15) is 0 Å². The third kappa shape index (κ3) is 5.34. The normalized spacial score (nSPS) is 17.5. The lowest BCUT2D eigenvalue weighted by molar-refractivity contribution is -0.130. The summed E-state index contributed by atoms with van der Waals surface area (Å²) in [6, 6.07) is 13.4. The van der Waals surface area contributed by atoms with Crippen LogP contribution in [0.15, 0.2) is 67.0 Å². The highest BCUT2D eigenvalue weighted by Crippen LogP contribution is 2.33. The Bertz CT molecular complexity index is 1190. The molecule has 9 heteroatoms. The number of anilines is 1. The number of aromatic nitrogens is 1. The minimum atomic E-state index is -3.28. The number of halogens is 4. The van der Waals surface area contributed by atoms with Crippen molar-refractivity contribution in [1.29, 1.82) is 0 Å². The number of para-hydroxylation sites is 1. The summed E-state index contributed by atoms with van der Waals surface area (Å²) in [6.07, 6.45) is 2.34. The summed E-state index contributed by atoms with van der Waals surface area (Å²) >= 11 is 6.04. The lowest BCUT2D eigenvalue weighted by Crippen LogP contribution is -2.52. The van der Waals surface area contributed by atoms with Gasteiger partial charge in [0.1, 0.15) is 5.82 Å². The monoisotopic (exact) mass is 473 g/mol. The zero-order valence-corrected chi connectivity index (χ0v) is 18.0. The predicted molar refractivity (Wildman–Crippen MR) is 119 cm³/mol. The van der Waals surface area contributed by atoms with E-state index in [1.165, 1.54) is 24.5 Å². The number of carbonyl (C=O) groups excluding carboxylic acids is 2. The number of likely N-dealkylation sites (tertiary alicyclic amines) is 1. The molecule has 1 N–H and O–H groups in total. The maximum absolute atomic E-state index is 14.5. The number of alkyl halides is 2. The van der Waals surface area contributed by atoms with Gasteiger partial charge in [-0.05, 0) is 53.6 Å². The van der Waals surface area contributed by atoms with Gasteiger partial charge in [0.15, 0.2) is 0 Å². The minimum absolute atomic E-state index is 0.0789. The van der Waals surface area contributed by atoms with Gasteiger partial charge in [-0.1, -0.05) is 23.7 Å². The Morgan fingerprint density at radius 1 is 1.06 bits per heavy atom. The Hall–Kier alpha value is -3.39. The van der Waals surface area contributed by atoms with Crippen LogP contribution in [-0.2, 0) is 4.79 Å². The summed E-state index contributed by atoms with van der Waals surface area (Å²) < 4.78 is 43.3. The van der Waals surface area contributed by atoms with E-state index < -0.39 is 42.4 Å². The highest BCUT2D eigenvalue weighted by atomic mass is 35.5. The van der Waals surface area contributed by atoms with Gasteiger partial charge >= 0.3 is 0 Å². The van der Waals surface area contributed by atoms with E-state index in [2.05, 4.69) is 10.3 Å². The van der Waals surface area contributed by atoms with E-state index in [1.807, 2.05) is 0 Å². The molecule has 1 unspecified atom stereocenters. The zero-order chi connectivity index (χ0) is 23.6. The largest absolute Gasteiger partial charge is 0.332 e. The number of amides is 2. The van der Waals surface area contributed by atoms with Gasteiger partial charge in [0, 0.05) is 30.9 Å². The lowest BCUT2D eigenvalue weighted by Gasteiger charge is -2.37. The van der Waals surface area contributed by atoms with Crippen molar-refractivity contribution in [3.05, 3.63) is 83.4 Å². The molecule has 2 aromatic carbocycles. The molecule has 33 heavy (non-hydrogen) atoms. The van der Waals surface area contributed by atoms with Gasteiger partial charge in [0.05, 0.1) is 23.2 Å². The number of benzene rings is 2. The molecular weight excluding hydrogens is 455 g/mol. The molecule has 170 valence electrons. The number of nitrogens with zero attached hydrogens (tertiary/aromatic N) is 2. The number of hydrogen-bond donors (Lipinski definition) is 1. The Morgan fingerprint density at radius 2 is 1.79 bits per heavy atom. The molecular formula is C24H19ClF3N3O2. The van der Waals surface area contributed by atoms with Gasteiger partial charge in [0.25, 0.3) is 11.8 Å². The maximum Gasteiger partial charge on any atom is 0.266 e. The third-order valence-electron chi connectivity index (χ3n) is 5.36. The highest BCUT2D eigenvalue weighted by molar-refractivity contribution is 6.33. The number of rotatable bonds is 4. The second-order valence-electron chi connectivity index (χ2n) is 7.88. The minimum Gasteiger partial charge on any atom is -0.332 e. The van der Waals surface area contributed by atoms with Crippen molar-refractivity contribution in [2.24, 2.45) is 5.92 Å². The van der Waals surface area contributed by atoms with Crippen LogP contribution in [0.4, 0.5) is 18.9 Å². The molecule has 0 saturated carbocycles. The van der Waals surface area contributed by atoms with Crippen LogP contribution >= 0.6 is 11.6 Å². The fourth-order valence-corrected chi connectivity index (χ4v) is 4.02. The Morgan fingerprint density at radius 3 is 2.52 bits per heavy atom. The molecule has 1 atom stereocenters. The predicted octanol–water partition coefficient (Wildman–Crippen LogP) is 5.28. The quantitative estimate of drug-likeness (QED) is 0.561. The molecule has 1 aliphatic rings. The van der Waals surface area contributed by atoms with Crippen molar-refractivity contribution in [3.63, 3.8) is 0 Å². The van der Waals surface area contributed by atoms with Crippen LogP contribution in [-0.4, -0.2) is 40.7 Å². The average Bonchev–Trinajstić information content (AvgIpc) is 2.79. The summed E-state index contributed by atoms with van der Waals surface area (Å²) in [5, 5.41) is 2.82. The fourth-order valence-electron chi connectivity index (χ4n) is 3.83.